The van der Waals surface area contributed by atoms with E-state index in [0.717, 1.165) is 30.0 Å². The minimum absolute atomic E-state index is 0.00120. The highest BCUT2D eigenvalue weighted by molar-refractivity contribution is 7.11. The Kier molecular flexibility index (Phi) is 3.79. The largest absolute Gasteiger partial charge is 0.294 e. The van der Waals surface area contributed by atoms with Gasteiger partial charge in [-0.1, -0.05) is 12.8 Å². The number of nitrogens with two attached hydrogens (primary N) is 1. The van der Waals surface area contributed by atoms with Crippen LogP contribution in [0.15, 0.2) is 0 Å². The molecule has 0 radical (unpaired) electrons. The number of thiazole rings is 1. The molecular weight excluding hydrogens is 234 g/mol. The third-order valence-corrected chi connectivity index (χ3v) is 4.81. The predicted molar refractivity (Wildman–Crippen MR) is 68.6 cm³/mol. The van der Waals surface area contributed by atoms with Crippen molar-refractivity contribution in [3.05, 3.63) is 15.6 Å². The Bertz CT molecular complexity index is 396. The number of nitrogens with zero attached hydrogens (tertiary/aromatic N) is 1. The second-order valence-electron chi connectivity index (χ2n) is 4.70. The van der Waals surface area contributed by atoms with Crippen LogP contribution in [0.4, 0.5) is 0 Å². The fourth-order valence-corrected chi connectivity index (χ4v) is 3.63. The van der Waals surface area contributed by atoms with Crippen molar-refractivity contribution in [3.63, 3.8) is 0 Å². The lowest BCUT2D eigenvalue weighted by atomic mass is 9.79. The van der Waals surface area contributed by atoms with Gasteiger partial charge in [-0.25, -0.2) is 10.8 Å². The van der Waals surface area contributed by atoms with Crippen molar-refractivity contribution in [2.24, 2.45) is 11.8 Å². The summed E-state index contributed by atoms with van der Waals surface area (Å²) in [7, 11) is 0. The van der Waals surface area contributed by atoms with E-state index < -0.39 is 0 Å². The molecule has 0 aromatic carbocycles. The Hall–Kier alpha value is -0.940. The molecular formula is C12H19N3OS. The molecule has 2 unspecified atom stereocenters. The van der Waals surface area contributed by atoms with Crippen LogP contribution in [0.1, 0.15) is 47.2 Å². The zero-order valence-electron chi connectivity index (χ0n) is 10.3. The maximum Gasteiger partial charge on any atom is 0.237 e. The number of carbonyl (C=O) groups excluding carboxylic acids is 1. The van der Waals surface area contributed by atoms with Gasteiger partial charge < -0.3 is 0 Å². The standard InChI is InChI=1S/C12H19N3OS/c1-7-8(2)17-12(14-7)10-6-4-3-5-9(10)11(16)15-13/h9-10H,3-6,13H2,1-2H3,(H,15,16). The lowest BCUT2D eigenvalue weighted by Gasteiger charge is -2.28. The summed E-state index contributed by atoms with van der Waals surface area (Å²) in [5, 5.41) is 1.10. The summed E-state index contributed by atoms with van der Waals surface area (Å²) in [5.41, 5.74) is 3.38. The average Bonchev–Trinajstić information content (AvgIpc) is 2.68. The van der Waals surface area contributed by atoms with Crippen LogP contribution in [0, 0.1) is 19.8 Å². The summed E-state index contributed by atoms with van der Waals surface area (Å²) in [6.45, 7) is 4.10. The Morgan fingerprint density at radius 1 is 1.41 bits per heavy atom. The Morgan fingerprint density at radius 2 is 2.12 bits per heavy atom. The van der Waals surface area contributed by atoms with E-state index in [1.54, 1.807) is 11.3 Å². The monoisotopic (exact) mass is 253 g/mol. The molecule has 0 saturated heterocycles. The molecule has 1 aromatic heterocycles. The molecule has 94 valence electrons. The normalized spacial score (nSPS) is 24.6. The molecule has 5 heteroatoms. The van der Waals surface area contributed by atoms with Crippen molar-refractivity contribution in [2.45, 2.75) is 45.4 Å². The van der Waals surface area contributed by atoms with Crippen molar-refractivity contribution in [1.82, 2.24) is 10.4 Å². The molecule has 1 aliphatic carbocycles. The van der Waals surface area contributed by atoms with Crippen LogP contribution < -0.4 is 11.3 Å². The van der Waals surface area contributed by atoms with Gasteiger partial charge in [0.25, 0.3) is 0 Å². The van der Waals surface area contributed by atoms with Crippen LogP contribution in [0.3, 0.4) is 0 Å². The number of nitrogens with one attached hydrogen (secondary N) is 1. The first-order chi connectivity index (χ1) is 8.13. The third kappa shape index (κ3) is 2.50. The molecule has 1 amide bonds. The molecule has 0 spiro atoms. The van der Waals surface area contributed by atoms with Crippen LogP contribution in [0.2, 0.25) is 0 Å². The Morgan fingerprint density at radius 3 is 2.71 bits per heavy atom. The van der Waals surface area contributed by atoms with Gasteiger partial charge in [-0.05, 0) is 26.7 Å². The van der Waals surface area contributed by atoms with Gasteiger partial charge in [0.2, 0.25) is 5.91 Å². The fraction of sp³-hybridized carbons (Fsp3) is 0.667. The zero-order chi connectivity index (χ0) is 12.4. The molecule has 2 rings (SSSR count). The highest BCUT2D eigenvalue weighted by Crippen LogP contribution is 2.39. The average molecular weight is 253 g/mol. The lowest BCUT2D eigenvalue weighted by molar-refractivity contribution is -0.126. The molecule has 1 aromatic rings. The lowest BCUT2D eigenvalue weighted by Crippen LogP contribution is -2.39. The van der Waals surface area contributed by atoms with Crippen LogP contribution in [0.5, 0.6) is 0 Å². The number of hydrogen-bond acceptors (Lipinski definition) is 4. The minimum Gasteiger partial charge on any atom is -0.294 e. The molecule has 0 bridgehead atoms. The highest BCUT2D eigenvalue weighted by Gasteiger charge is 2.33. The van der Waals surface area contributed by atoms with Gasteiger partial charge in [0.1, 0.15) is 0 Å². The molecule has 3 N–H and O–H groups in total. The molecule has 2 atom stereocenters. The fourth-order valence-electron chi connectivity index (χ4n) is 2.50. The molecule has 1 aliphatic rings. The number of aryl methyl sites for hydroxylation is 2. The smallest absolute Gasteiger partial charge is 0.237 e. The van der Waals surface area contributed by atoms with E-state index in [9.17, 15) is 4.79 Å². The molecule has 1 fully saturated rings. The second-order valence-corrected chi connectivity index (χ2v) is 5.93. The molecule has 0 aliphatic heterocycles. The maximum atomic E-state index is 11.8. The summed E-state index contributed by atoms with van der Waals surface area (Å²) < 4.78 is 0. The number of carbonyl (C=O) groups is 1. The van der Waals surface area contributed by atoms with E-state index in [1.807, 2.05) is 6.92 Å². The number of hydrazine groups is 1. The topological polar surface area (TPSA) is 68.0 Å². The van der Waals surface area contributed by atoms with E-state index in [1.165, 1.54) is 11.3 Å². The van der Waals surface area contributed by atoms with Gasteiger partial charge in [-0.3, -0.25) is 10.2 Å². The summed E-state index contributed by atoms with van der Waals surface area (Å²) in [5.74, 6) is 5.47. The van der Waals surface area contributed by atoms with Crippen molar-refractivity contribution >= 4 is 17.2 Å². The maximum absolute atomic E-state index is 11.8. The van der Waals surface area contributed by atoms with Gasteiger partial charge >= 0.3 is 0 Å². The predicted octanol–water partition coefficient (Wildman–Crippen LogP) is 2.02. The number of rotatable bonds is 2. The Labute approximate surface area is 106 Å². The third-order valence-electron chi connectivity index (χ3n) is 3.61. The van der Waals surface area contributed by atoms with Crippen molar-refractivity contribution < 1.29 is 4.79 Å². The van der Waals surface area contributed by atoms with Crippen LogP contribution >= 0.6 is 11.3 Å². The molecule has 1 saturated carbocycles. The van der Waals surface area contributed by atoms with E-state index in [-0.39, 0.29) is 17.7 Å². The van der Waals surface area contributed by atoms with E-state index >= 15 is 0 Å². The minimum atomic E-state index is -0.0415. The van der Waals surface area contributed by atoms with Crippen molar-refractivity contribution in [1.29, 1.82) is 0 Å². The first kappa shape index (κ1) is 12.5. The van der Waals surface area contributed by atoms with E-state index in [2.05, 4.69) is 17.3 Å². The summed E-state index contributed by atoms with van der Waals surface area (Å²) in [6.07, 6.45) is 4.25. The summed E-state index contributed by atoms with van der Waals surface area (Å²) in [6, 6.07) is 0. The van der Waals surface area contributed by atoms with Gasteiger partial charge in [0, 0.05) is 16.7 Å². The summed E-state index contributed by atoms with van der Waals surface area (Å²) >= 11 is 1.72. The van der Waals surface area contributed by atoms with Gasteiger partial charge in [-0.2, -0.15) is 0 Å². The van der Waals surface area contributed by atoms with E-state index in [0.29, 0.717) is 0 Å². The molecule has 17 heavy (non-hydrogen) atoms. The number of aromatic nitrogens is 1. The molecule has 1 heterocycles. The number of amides is 1. The first-order valence-electron chi connectivity index (χ1n) is 6.08. The molecule has 4 nitrogen and oxygen atoms in total. The van der Waals surface area contributed by atoms with Crippen LogP contribution in [-0.2, 0) is 4.79 Å². The second kappa shape index (κ2) is 5.14. The number of hydrogen-bond donors (Lipinski definition) is 2. The first-order valence-corrected chi connectivity index (χ1v) is 6.89. The van der Waals surface area contributed by atoms with Crippen molar-refractivity contribution in [2.75, 3.05) is 0 Å². The van der Waals surface area contributed by atoms with Gasteiger partial charge in [-0.15, -0.1) is 11.3 Å². The van der Waals surface area contributed by atoms with Gasteiger partial charge in [0.05, 0.1) is 10.7 Å². The SMILES string of the molecule is Cc1nc(C2CCCCC2C(=O)NN)sc1C. The van der Waals surface area contributed by atoms with Gasteiger partial charge in [0.15, 0.2) is 0 Å². The zero-order valence-corrected chi connectivity index (χ0v) is 11.1. The highest BCUT2D eigenvalue weighted by atomic mass is 32.1. The van der Waals surface area contributed by atoms with E-state index in [4.69, 9.17) is 5.84 Å². The Balaban J connectivity index is 2.24. The van der Waals surface area contributed by atoms with Crippen molar-refractivity contribution in [3.8, 4) is 0 Å². The van der Waals surface area contributed by atoms with Crippen LogP contribution in [-0.4, -0.2) is 10.9 Å². The summed E-state index contributed by atoms with van der Waals surface area (Å²) in [4.78, 5) is 17.6. The van der Waals surface area contributed by atoms with Crippen LogP contribution in [0.25, 0.3) is 0 Å². The quantitative estimate of drug-likeness (QED) is 0.481.